The molecule has 0 saturated carbocycles. The first-order valence-electron chi connectivity index (χ1n) is 6.19. The standard InChI is InChI=1S/C14H14BrFN2O2/c1-7(2)12(8(3)19)14-17-13(18-20-14)10-5-4-9(16)6-11(10)15/h4-7,12H,1-3H3. The van der Waals surface area contributed by atoms with Crippen molar-refractivity contribution in [2.45, 2.75) is 26.7 Å². The normalized spacial score (nSPS) is 12.7. The molecule has 0 radical (unpaired) electrons. The Morgan fingerprint density at radius 2 is 2.10 bits per heavy atom. The van der Waals surface area contributed by atoms with Gasteiger partial charge in [0.05, 0.1) is 5.92 Å². The molecular weight excluding hydrogens is 327 g/mol. The smallest absolute Gasteiger partial charge is 0.237 e. The number of halogens is 2. The third-order valence-corrected chi connectivity index (χ3v) is 3.64. The van der Waals surface area contributed by atoms with Crippen LogP contribution < -0.4 is 0 Å². The van der Waals surface area contributed by atoms with Gasteiger partial charge in [-0.05, 0) is 47.0 Å². The van der Waals surface area contributed by atoms with Gasteiger partial charge in [-0.25, -0.2) is 4.39 Å². The van der Waals surface area contributed by atoms with E-state index in [1.165, 1.54) is 19.1 Å². The summed E-state index contributed by atoms with van der Waals surface area (Å²) in [5.74, 6) is -0.105. The minimum absolute atomic E-state index is 0.0200. The minimum atomic E-state index is -0.421. The Balaban J connectivity index is 2.40. The third-order valence-electron chi connectivity index (χ3n) is 2.98. The molecule has 0 aliphatic rings. The van der Waals surface area contributed by atoms with Crippen LogP contribution in [-0.4, -0.2) is 15.9 Å². The fourth-order valence-electron chi connectivity index (χ4n) is 2.07. The van der Waals surface area contributed by atoms with Crippen molar-refractivity contribution in [1.82, 2.24) is 10.1 Å². The van der Waals surface area contributed by atoms with Crippen molar-refractivity contribution in [3.05, 3.63) is 34.4 Å². The zero-order chi connectivity index (χ0) is 14.9. The van der Waals surface area contributed by atoms with Gasteiger partial charge in [0.25, 0.3) is 0 Å². The molecule has 4 nitrogen and oxygen atoms in total. The van der Waals surface area contributed by atoms with Crippen LogP contribution in [0.3, 0.4) is 0 Å². The van der Waals surface area contributed by atoms with Crippen LogP contribution in [0, 0.1) is 11.7 Å². The topological polar surface area (TPSA) is 56.0 Å². The van der Waals surface area contributed by atoms with Crippen molar-refractivity contribution in [3.8, 4) is 11.4 Å². The number of ketones is 1. The number of rotatable bonds is 4. The van der Waals surface area contributed by atoms with Crippen molar-refractivity contribution in [2.24, 2.45) is 5.92 Å². The number of nitrogens with zero attached hydrogens (tertiary/aromatic N) is 2. The van der Waals surface area contributed by atoms with Crippen molar-refractivity contribution < 1.29 is 13.7 Å². The third kappa shape index (κ3) is 2.95. The average molecular weight is 341 g/mol. The summed E-state index contributed by atoms with van der Waals surface area (Å²) in [4.78, 5) is 15.9. The summed E-state index contributed by atoms with van der Waals surface area (Å²) < 4.78 is 18.8. The summed E-state index contributed by atoms with van der Waals surface area (Å²) in [6, 6.07) is 4.21. The van der Waals surface area contributed by atoms with Crippen LogP contribution in [0.25, 0.3) is 11.4 Å². The Morgan fingerprint density at radius 3 is 2.65 bits per heavy atom. The lowest BCUT2D eigenvalue weighted by atomic mass is 9.92. The molecule has 0 spiro atoms. The second kappa shape index (κ2) is 5.83. The first-order valence-corrected chi connectivity index (χ1v) is 6.99. The van der Waals surface area contributed by atoms with Gasteiger partial charge in [-0.15, -0.1) is 0 Å². The van der Waals surface area contributed by atoms with Gasteiger partial charge >= 0.3 is 0 Å². The summed E-state index contributed by atoms with van der Waals surface area (Å²) in [5, 5.41) is 3.87. The average Bonchev–Trinajstić information content (AvgIpc) is 2.76. The quantitative estimate of drug-likeness (QED) is 0.844. The summed E-state index contributed by atoms with van der Waals surface area (Å²) in [7, 11) is 0. The van der Waals surface area contributed by atoms with E-state index in [0.29, 0.717) is 21.8 Å². The van der Waals surface area contributed by atoms with Crippen molar-refractivity contribution in [3.63, 3.8) is 0 Å². The lowest BCUT2D eigenvalue weighted by Crippen LogP contribution is -2.15. The Labute approximate surface area is 124 Å². The molecule has 1 unspecified atom stereocenters. The second-order valence-corrected chi connectivity index (χ2v) is 5.77. The maximum absolute atomic E-state index is 13.1. The van der Waals surface area contributed by atoms with Crippen LogP contribution >= 0.6 is 15.9 Å². The Bertz CT molecular complexity index is 640. The molecule has 0 saturated heterocycles. The van der Waals surface area contributed by atoms with Crippen LogP contribution in [-0.2, 0) is 4.79 Å². The fraction of sp³-hybridized carbons (Fsp3) is 0.357. The van der Waals surface area contributed by atoms with E-state index >= 15 is 0 Å². The van der Waals surface area contributed by atoms with E-state index in [9.17, 15) is 9.18 Å². The van der Waals surface area contributed by atoms with Crippen LogP contribution in [0.2, 0.25) is 0 Å². The number of hydrogen-bond acceptors (Lipinski definition) is 4. The zero-order valence-corrected chi connectivity index (χ0v) is 12.9. The van der Waals surface area contributed by atoms with Crippen molar-refractivity contribution in [2.75, 3.05) is 0 Å². The second-order valence-electron chi connectivity index (χ2n) is 4.91. The lowest BCUT2D eigenvalue weighted by molar-refractivity contribution is -0.119. The molecule has 106 valence electrons. The number of Topliss-reactive ketones (excluding diaryl/α,β-unsaturated/α-hetero) is 1. The number of carbonyl (C=O) groups is 1. The summed E-state index contributed by atoms with van der Waals surface area (Å²) in [5.41, 5.74) is 0.618. The minimum Gasteiger partial charge on any atom is -0.338 e. The molecule has 1 aromatic heterocycles. The van der Waals surface area contributed by atoms with Crippen LogP contribution in [0.1, 0.15) is 32.6 Å². The van der Waals surface area contributed by atoms with Crippen molar-refractivity contribution in [1.29, 1.82) is 0 Å². The van der Waals surface area contributed by atoms with Crippen molar-refractivity contribution >= 4 is 21.7 Å². The largest absolute Gasteiger partial charge is 0.338 e. The van der Waals surface area contributed by atoms with Gasteiger partial charge in [0, 0.05) is 10.0 Å². The molecule has 0 fully saturated rings. The number of aromatic nitrogens is 2. The van der Waals surface area contributed by atoms with Gasteiger partial charge < -0.3 is 4.52 Å². The highest BCUT2D eigenvalue weighted by molar-refractivity contribution is 9.10. The predicted molar refractivity (Wildman–Crippen MR) is 75.7 cm³/mol. The number of carbonyl (C=O) groups excluding carboxylic acids is 1. The van der Waals surface area contributed by atoms with Crippen LogP contribution in [0.5, 0.6) is 0 Å². The van der Waals surface area contributed by atoms with E-state index in [1.807, 2.05) is 13.8 Å². The van der Waals surface area contributed by atoms with E-state index in [2.05, 4.69) is 26.1 Å². The summed E-state index contributed by atoms with van der Waals surface area (Å²) in [6.45, 7) is 5.34. The summed E-state index contributed by atoms with van der Waals surface area (Å²) >= 11 is 3.26. The first-order chi connectivity index (χ1) is 9.40. The van der Waals surface area contributed by atoms with Gasteiger partial charge in [0.1, 0.15) is 11.6 Å². The molecule has 6 heteroatoms. The van der Waals surface area contributed by atoms with E-state index in [4.69, 9.17) is 4.52 Å². The van der Waals surface area contributed by atoms with Crippen LogP contribution in [0.15, 0.2) is 27.2 Å². The molecule has 2 aromatic rings. The molecule has 0 bridgehead atoms. The van der Waals surface area contributed by atoms with Gasteiger partial charge in [-0.3, -0.25) is 4.79 Å². The highest BCUT2D eigenvalue weighted by atomic mass is 79.9. The Morgan fingerprint density at radius 1 is 1.40 bits per heavy atom. The fourth-order valence-corrected chi connectivity index (χ4v) is 2.60. The van der Waals surface area contributed by atoms with Gasteiger partial charge in [-0.1, -0.05) is 19.0 Å². The molecule has 1 heterocycles. The number of benzene rings is 1. The molecule has 2 rings (SSSR count). The lowest BCUT2D eigenvalue weighted by Gasteiger charge is -2.12. The molecule has 0 amide bonds. The predicted octanol–water partition coefficient (Wildman–Crippen LogP) is 3.97. The molecular formula is C14H14BrFN2O2. The highest BCUT2D eigenvalue weighted by Crippen LogP contribution is 2.30. The van der Waals surface area contributed by atoms with E-state index in [1.54, 1.807) is 6.07 Å². The Kier molecular flexibility index (Phi) is 4.32. The number of hydrogen-bond donors (Lipinski definition) is 0. The maximum Gasteiger partial charge on any atom is 0.237 e. The molecule has 0 N–H and O–H groups in total. The maximum atomic E-state index is 13.1. The van der Waals surface area contributed by atoms with Gasteiger partial charge in [0.15, 0.2) is 0 Å². The van der Waals surface area contributed by atoms with Gasteiger partial charge in [0.2, 0.25) is 11.7 Å². The van der Waals surface area contributed by atoms with Gasteiger partial charge in [-0.2, -0.15) is 4.98 Å². The van der Waals surface area contributed by atoms with E-state index in [0.717, 1.165) is 0 Å². The zero-order valence-electron chi connectivity index (χ0n) is 11.4. The molecule has 0 aliphatic heterocycles. The molecule has 20 heavy (non-hydrogen) atoms. The molecule has 1 aromatic carbocycles. The highest BCUT2D eigenvalue weighted by Gasteiger charge is 2.27. The van der Waals surface area contributed by atoms with Crippen LogP contribution in [0.4, 0.5) is 4.39 Å². The first kappa shape index (κ1) is 14.8. The van der Waals surface area contributed by atoms with E-state index < -0.39 is 5.92 Å². The molecule has 0 aliphatic carbocycles. The van der Waals surface area contributed by atoms with E-state index in [-0.39, 0.29) is 17.5 Å². The Hall–Kier alpha value is -1.56. The summed E-state index contributed by atoms with van der Waals surface area (Å²) in [6.07, 6.45) is 0. The monoisotopic (exact) mass is 340 g/mol. The SMILES string of the molecule is CC(=O)C(c1nc(-c2ccc(F)cc2Br)no1)C(C)C. The molecule has 1 atom stereocenters.